The van der Waals surface area contributed by atoms with Gasteiger partial charge in [0.2, 0.25) is 0 Å². The van der Waals surface area contributed by atoms with Gasteiger partial charge >= 0.3 is 0 Å². The maximum absolute atomic E-state index is 3.53. The van der Waals surface area contributed by atoms with Crippen LogP contribution in [-0.2, 0) is 0 Å². The predicted molar refractivity (Wildman–Crippen MR) is 74.0 cm³/mol. The van der Waals surface area contributed by atoms with E-state index in [0.717, 1.165) is 13.1 Å². The Balaban J connectivity index is 4.17. The van der Waals surface area contributed by atoms with E-state index in [-0.39, 0.29) is 0 Å². The van der Waals surface area contributed by atoms with Crippen molar-refractivity contribution in [1.82, 2.24) is 10.2 Å². The fraction of sp³-hybridized carbons (Fsp3) is 1.00. The smallest absolute Gasteiger partial charge is 0.00469 e. The number of unbranched alkanes of at least 4 members (excludes halogenated alkanes) is 1. The normalized spacial score (nSPS) is 12.4. The molecule has 0 unspecified atom stereocenters. The molecule has 0 aliphatic heterocycles. The van der Waals surface area contributed by atoms with Gasteiger partial charge in [-0.05, 0) is 44.8 Å². The van der Waals surface area contributed by atoms with Crippen molar-refractivity contribution in [3.05, 3.63) is 0 Å². The molecule has 0 saturated carbocycles. The van der Waals surface area contributed by atoms with Crippen LogP contribution >= 0.6 is 0 Å². The number of hydrogen-bond donors (Lipinski definition) is 1. The lowest BCUT2D eigenvalue weighted by Crippen LogP contribution is -2.42. The average molecular weight is 228 g/mol. The van der Waals surface area contributed by atoms with E-state index in [1.807, 2.05) is 0 Å². The molecule has 0 aromatic rings. The molecule has 0 amide bonds. The Morgan fingerprint density at radius 3 is 2.12 bits per heavy atom. The van der Waals surface area contributed by atoms with E-state index in [4.69, 9.17) is 0 Å². The van der Waals surface area contributed by atoms with E-state index in [0.29, 0.717) is 5.41 Å². The van der Waals surface area contributed by atoms with Crippen LogP contribution in [0.3, 0.4) is 0 Å². The molecule has 2 nitrogen and oxygen atoms in total. The minimum Gasteiger partial charge on any atom is -0.316 e. The van der Waals surface area contributed by atoms with E-state index in [1.54, 1.807) is 0 Å². The van der Waals surface area contributed by atoms with Crippen molar-refractivity contribution in [2.75, 3.05) is 33.2 Å². The minimum atomic E-state index is 0.471. The molecule has 0 heterocycles. The molecule has 2 heteroatoms. The summed E-state index contributed by atoms with van der Waals surface area (Å²) in [6.45, 7) is 13.8. The number of rotatable bonds is 10. The van der Waals surface area contributed by atoms with Crippen LogP contribution in [0.2, 0.25) is 0 Å². The third-order valence-corrected chi connectivity index (χ3v) is 3.75. The summed E-state index contributed by atoms with van der Waals surface area (Å²) in [6.07, 6.45) is 5.16. The summed E-state index contributed by atoms with van der Waals surface area (Å²) >= 11 is 0. The molecule has 0 aromatic carbocycles. The second-order valence-corrected chi connectivity index (χ2v) is 5.08. The van der Waals surface area contributed by atoms with Crippen molar-refractivity contribution in [3.8, 4) is 0 Å². The Labute approximate surface area is 103 Å². The van der Waals surface area contributed by atoms with E-state index in [2.05, 4.69) is 45.0 Å². The van der Waals surface area contributed by atoms with Crippen molar-refractivity contribution in [2.24, 2.45) is 5.41 Å². The standard InChI is InChI=1S/C14H32N2/c1-6-10-11-16(5)13-14(7-2,8-3)12-15-9-4/h15H,6-13H2,1-5H3. The molecule has 0 radical (unpaired) electrons. The van der Waals surface area contributed by atoms with Gasteiger partial charge in [-0.3, -0.25) is 0 Å². The molecular weight excluding hydrogens is 196 g/mol. The summed E-state index contributed by atoms with van der Waals surface area (Å²) in [5.74, 6) is 0. The Bertz CT molecular complexity index is 153. The van der Waals surface area contributed by atoms with Gasteiger partial charge in [0.1, 0.15) is 0 Å². The van der Waals surface area contributed by atoms with Crippen LogP contribution in [0.4, 0.5) is 0 Å². The van der Waals surface area contributed by atoms with Crippen LogP contribution in [0, 0.1) is 5.41 Å². The Hall–Kier alpha value is -0.0800. The van der Waals surface area contributed by atoms with Crippen molar-refractivity contribution < 1.29 is 0 Å². The molecule has 98 valence electrons. The van der Waals surface area contributed by atoms with Crippen molar-refractivity contribution in [1.29, 1.82) is 0 Å². The first-order chi connectivity index (χ1) is 7.64. The second-order valence-electron chi connectivity index (χ2n) is 5.08. The highest BCUT2D eigenvalue weighted by Gasteiger charge is 2.26. The SMILES string of the molecule is CCCCN(C)CC(CC)(CC)CNCC. The van der Waals surface area contributed by atoms with Crippen molar-refractivity contribution >= 4 is 0 Å². The summed E-state index contributed by atoms with van der Waals surface area (Å²) in [7, 11) is 2.27. The molecule has 0 bridgehead atoms. The van der Waals surface area contributed by atoms with Gasteiger partial charge in [0.25, 0.3) is 0 Å². The summed E-state index contributed by atoms with van der Waals surface area (Å²) in [5, 5.41) is 3.53. The maximum atomic E-state index is 3.53. The first-order valence-electron chi connectivity index (χ1n) is 7.03. The van der Waals surface area contributed by atoms with Gasteiger partial charge in [0.05, 0.1) is 0 Å². The maximum Gasteiger partial charge on any atom is 0.00469 e. The first-order valence-corrected chi connectivity index (χ1v) is 7.03. The zero-order valence-corrected chi connectivity index (χ0v) is 12.1. The van der Waals surface area contributed by atoms with E-state index in [1.165, 1.54) is 38.8 Å². The highest BCUT2D eigenvalue weighted by atomic mass is 15.1. The summed E-state index contributed by atoms with van der Waals surface area (Å²) in [4.78, 5) is 2.51. The Morgan fingerprint density at radius 1 is 1.06 bits per heavy atom. The van der Waals surface area contributed by atoms with E-state index < -0.39 is 0 Å². The largest absolute Gasteiger partial charge is 0.316 e. The number of hydrogen-bond acceptors (Lipinski definition) is 2. The van der Waals surface area contributed by atoms with E-state index >= 15 is 0 Å². The molecule has 0 aromatic heterocycles. The van der Waals surface area contributed by atoms with Gasteiger partial charge in [0, 0.05) is 13.1 Å². The third-order valence-electron chi connectivity index (χ3n) is 3.75. The fourth-order valence-corrected chi connectivity index (χ4v) is 2.25. The summed E-state index contributed by atoms with van der Waals surface area (Å²) in [6, 6.07) is 0. The quantitative estimate of drug-likeness (QED) is 0.618. The van der Waals surface area contributed by atoms with Crippen LogP contribution in [0.1, 0.15) is 53.4 Å². The first kappa shape index (κ1) is 15.9. The summed E-state index contributed by atoms with van der Waals surface area (Å²) in [5.41, 5.74) is 0.471. The van der Waals surface area contributed by atoms with Gasteiger partial charge in [0.15, 0.2) is 0 Å². The molecule has 16 heavy (non-hydrogen) atoms. The fourth-order valence-electron chi connectivity index (χ4n) is 2.25. The molecule has 0 rings (SSSR count). The molecular formula is C14H32N2. The highest BCUT2D eigenvalue weighted by Crippen LogP contribution is 2.26. The Kier molecular flexibility index (Phi) is 8.96. The van der Waals surface area contributed by atoms with Gasteiger partial charge in [-0.1, -0.05) is 34.1 Å². The zero-order chi connectivity index (χ0) is 12.4. The van der Waals surface area contributed by atoms with Crippen LogP contribution in [-0.4, -0.2) is 38.1 Å². The van der Waals surface area contributed by atoms with Gasteiger partial charge < -0.3 is 10.2 Å². The van der Waals surface area contributed by atoms with Crippen molar-refractivity contribution in [3.63, 3.8) is 0 Å². The van der Waals surface area contributed by atoms with Crippen LogP contribution in [0.25, 0.3) is 0 Å². The van der Waals surface area contributed by atoms with Gasteiger partial charge in [-0.2, -0.15) is 0 Å². The zero-order valence-electron chi connectivity index (χ0n) is 12.1. The lowest BCUT2D eigenvalue weighted by Gasteiger charge is -2.36. The predicted octanol–water partition coefficient (Wildman–Crippen LogP) is 3.13. The average Bonchev–Trinajstić information content (AvgIpc) is 2.32. The van der Waals surface area contributed by atoms with Crippen LogP contribution in [0.15, 0.2) is 0 Å². The lowest BCUT2D eigenvalue weighted by atomic mass is 9.81. The van der Waals surface area contributed by atoms with Crippen LogP contribution < -0.4 is 5.32 Å². The highest BCUT2D eigenvalue weighted by molar-refractivity contribution is 4.82. The molecule has 0 spiro atoms. The molecule has 0 aliphatic carbocycles. The number of nitrogens with one attached hydrogen (secondary N) is 1. The number of nitrogens with zero attached hydrogens (tertiary/aromatic N) is 1. The van der Waals surface area contributed by atoms with Crippen molar-refractivity contribution in [2.45, 2.75) is 53.4 Å². The monoisotopic (exact) mass is 228 g/mol. The molecule has 0 atom stereocenters. The molecule has 0 saturated heterocycles. The van der Waals surface area contributed by atoms with E-state index in [9.17, 15) is 0 Å². The Morgan fingerprint density at radius 2 is 1.69 bits per heavy atom. The second kappa shape index (κ2) is 9.00. The topological polar surface area (TPSA) is 15.3 Å². The lowest BCUT2D eigenvalue weighted by molar-refractivity contribution is 0.155. The van der Waals surface area contributed by atoms with Gasteiger partial charge in [-0.25, -0.2) is 0 Å². The molecule has 0 aliphatic rings. The van der Waals surface area contributed by atoms with Gasteiger partial charge in [-0.15, -0.1) is 0 Å². The minimum absolute atomic E-state index is 0.471. The summed E-state index contributed by atoms with van der Waals surface area (Å²) < 4.78 is 0. The van der Waals surface area contributed by atoms with Crippen LogP contribution in [0.5, 0.6) is 0 Å². The molecule has 1 N–H and O–H groups in total. The molecule has 0 fully saturated rings. The third kappa shape index (κ3) is 5.86.